The molecule has 2 aliphatic rings. The number of hydrogen-bond donors (Lipinski definition) is 1. The zero-order chi connectivity index (χ0) is 20.8. The van der Waals surface area contributed by atoms with Crippen molar-refractivity contribution in [3.63, 3.8) is 0 Å². The topological polar surface area (TPSA) is 88.1 Å². The van der Waals surface area contributed by atoms with Crippen LogP contribution in [0.25, 0.3) is 11.1 Å². The van der Waals surface area contributed by atoms with Gasteiger partial charge >= 0.3 is 5.69 Å². The molecular formula is C23H22N4O3. The third-order valence-electron chi connectivity index (χ3n) is 6.05. The molecule has 3 aromatic rings. The molecule has 30 heavy (non-hydrogen) atoms. The minimum Gasteiger partial charge on any atom is -0.336 e. The largest absolute Gasteiger partial charge is 0.345 e. The van der Waals surface area contributed by atoms with Gasteiger partial charge in [-0.2, -0.15) is 4.98 Å². The Labute approximate surface area is 173 Å². The molecule has 7 heteroatoms. The van der Waals surface area contributed by atoms with Crippen LogP contribution in [0.1, 0.15) is 34.2 Å². The average Bonchev–Trinajstić information content (AvgIpc) is 2.73. The van der Waals surface area contributed by atoms with Crippen LogP contribution in [-0.2, 0) is 6.54 Å². The second-order valence-electron chi connectivity index (χ2n) is 8.25. The van der Waals surface area contributed by atoms with Crippen LogP contribution < -0.4 is 11.2 Å². The molecule has 2 aromatic heterocycles. The fourth-order valence-corrected chi connectivity index (χ4v) is 4.77. The van der Waals surface area contributed by atoms with Gasteiger partial charge in [-0.15, -0.1) is 0 Å². The van der Waals surface area contributed by atoms with E-state index in [9.17, 15) is 14.4 Å². The van der Waals surface area contributed by atoms with Crippen molar-refractivity contribution in [3.8, 4) is 11.1 Å². The normalized spacial score (nSPS) is 20.0. The van der Waals surface area contributed by atoms with Crippen molar-refractivity contribution in [2.75, 3.05) is 13.1 Å². The van der Waals surface area contributed by atoms with E-state index in [1.807, 2.05) is 34.9 Å². The summed E-state index contributed by atoms with van der Waals surface area (Å²) in [4.78, 5) is 45.8. The molecule has 0 aliphatic carbocycles. The van der Waals surface area contributed by atoms with Crippen molar-refractivity contribution in [3.05, 3.63) is 86.5 Å². The third-order valence-corrected chi connectivity index (χ3v) is 6.05. The molecule has 1 amide bonds. The first kappa shape index (κ1) is 18.5. The van der Waals surface area contributed by atoms with E-state index in [1.54, 1.807) is 24.0 Å². The van der Waals surface area contributed by atoms with E-state index < -0.39 is 5.69 Å². The van der Waals surface area contributed by atoms with Gasteiger partial charge in [0, 0.05) is 43.0 Å². The highest BCUT2D eigenvalue weighted by atomic mass is 16.2. The Hall–Kier alpha value is -3.48. The van der Waals surface area contributed by atoms with Gasteiger partial charge in [0.1, 0.15) is 5.69 Å². The number of pyridine rings is 1. The Morgan fingerprint density at radius 2 is 1.83 bits per heavy atom. The number of amides is 1. The number of likely N-dealkylation sites (tertiary alicyclic amines) is 1. The lowest BCUT2D eigenvalue weighted by Gasteiger charge is -2.42. The predicted molar refractivity (Wildman–Crippen MR) is 112 cm³/mol. The van der Waals surface area contributed by atoms with Crippen molar-refractivity contribution < 1.29 is 4.79 Å². The minimum absolute atomic E-state index is 0.00714. The number of fused-ring (bicyclic) bond motifs is 4. The molecule has 2 atom stereocenters. The summed E-state index contributed by atoms with van der Waals surface area (Å²) in [7, 11) is 0. The van der Waals surface area contributed by atoms with Crippen molar-refractivity contribution in [2.24, 2.45) is 5.92 Å². The molecule has 5 rings (SSSR count). The SMILES string of the molecule is Cc1cc(C(=O)N2C[C@@H]3C[C@H](C2)c2cc(-c4ccccc4)cc(=O)n2C3)nc(=O)[nH]1. The lowest BCUT2D eigenvalue weighted by atomic mass is 9.82. The van der Waals surface area contributed by atoms with Crippen LogP contribution in [0.5, 0.6) is 0 Å². The molecule has 1 fully saturated rings. The summed E-state index contributed by atoms with van der Waals surface area (Å²) in [6, 6.07) is 15.3. The summed E-state index contributed by atoms with van der Waals surface area (Å²) in [6.07, 6.45) is 0.948. The summed E-state index contributed by atoms with van der Waals surface area (Å²) in [6.45, 7) is 3.42. The van der Waals surface area contributed by atoms with Gasteiger partial charge in [-0.1, -0.05) is 30.3 Å². The second kappa shape index (κ2) is 7.09. The van der Waals surface area contributed by atoms with Gasteiger partial charge in [-0.3, -0.25) is 9.59 Å². The maximum Gasteiger partial charge on any atom is 0.345 e. The number of aryl methyl sites for hydroxylation is 1. The number of benzene rings is 1. The molecule has 0 unspecified atom stereocenters. The number of aromatic nitrogens is 3. The van der Waals surface area contributed by atoms with E-state index in [4.69, 9.17) is 0 Å². The Kier molecular flexibility index (Phi) is 4.38. The predicted octanol–water partition coefficient (Wildman–Crippen LogP) is 2.17. The van der Waals surface area contributed by atoms with Crippen LogP contribution in [-0.4, -0.2) is 38.4 Å². The molecule has 4 heterocycles. The van der Waals surface area contributed by atoms with E-state index >= 15 is 0 Å². The van der Waals surface area contributed by atoms with Crippen molar-refractivity contribution in [1.29, 1.82) is 0 Å². The molecule has 0 radical (unpaired) electrons. The van der Waals surface area contributed by atoms with E-state index in [2.05, 4.69) is 16.0 Å². The summed E-state index contributed by atoms with van der Waals surface area (Å²) in [5.74, 6) is 0.0679. The van der Waals surface area contributed by atoms with Crippen LogP contribution in [0.2, 0.25) is 0 Å². The van der Waals surface area contributed by atoms with E-state index in [1.165, 1.54) is 0 Å². The number of piperidine rings is 1. The maximum atomic E-state index is 13.0. The summed E-state index contributed by atoms with van der Waals surface area (Å²) < 4.78 is 1.86. The number of carbonyl (C=O) groups excluding carboxylic acids is 1. The van der Waals surface area contributed by atoms with E-state index in [0.717, 1.165) is 23.2 Å². The smallest absolute Gasteiger partial charge is 0.336 e. The van der Waals surface area contributed by atoms with Gasteiger partial charge < -0.3 is 14.5 Å². The average molecular weight is 402 g/mol. The Morgan fingerprint density at radius 1 is 1.03 bits per heavy atom. The number of carbonyl (C=O) groups is 1. The Morgan fingerprint density at radius 3 is 2.60 bits per heavy atom. The van der Waals surface area contributed by atoms with E-state index in [-0.39, 0.29) is 29.0 Å². The number of nitrogens with one attached hydrogen (secondary N) is 1. The lowest BCUT2D eigenvalue weighted by Crippen LogP contribution is -2.49. The molecule has 2 bridgehead atoms. The third kappa shape index (κ3) is 3.26. The summed E-state index contributed by atoms with van der Waals surface area (Å²) >= 11 is 0. The van der Waals surface area contributed by atoms with Crippen molar-refractivity contribution in [1.82, 2.24) is 19.4 Å². The monoisotopic (exact) mass is 402 g/mol. The highest BCUT2D eigenvalue weighted by Crippen LogP contribution is 2.36. The Balaban J connectivity index is 1.49. The number of nitrogens with zero attached hydrogens (tertiary/aromatic N) is 3. The highest BCUT2D eigenvalue weighted by Gasteiger charge is 2.37. The number of rotatable bonds is 2. The van der Waals surface area contributed by atoms with Gasteiger partial charge in [0.25, 0.3) is 11.5 Å². The minimum atomic E-state index is -0.514. The Bertz CT molecular complexity index is 1250. The molecule has 1 N–H and O–H groups in total. The number of H-pyrrole nitrogens is 1. The van der Waals surface area contributed by atoms with Crippen LogP contribution in [0.3, 0.4) is 0 Å². The van der Waals surface area contributed by atoms with Gasteiger partial charge in [0.2, 0.25) is 0 Å². The first-order valence-electron chi connectivity index (χ1n) is 10.2. The molecule has 0 spiro atoms. The van der Waals surface area contributed by atoms with Crippen molar-refractivity contribution >= 4 is 5.91 Å². The fraction of sp³-hybridized carbons (Fsp3) is 0.304. The first-order valence-corrected chi connectivity index (χ1v) is 10.2. The molecule has 152 valence electrons. The lowest BCUT2D eigenvalue weighted by molar-refractivity contribution is 0.0588. The van der Waals surface area contributed by atoms with Gasteiger partial charge in [-0.05, 0) is 42.5 Å². The second-order valence-corrected chi connectivity index (χ2v) is 8.25. The van der Waals surface area contributed by atoms with Crippen LogP contribution in [0, 0.1) is 12.8 Å². The molecule has 7 nitrogen and oxygen atoms in total. The zero-order valence-corrected chi connectivity index (χ0v) is 16.7. The number of aromatic amines is 1. The maximum absolute atomic E-state index is 13.0. The number of hydrogen-bond acceptors (Lipinski definition) is 4. The van der Waals surface area contributed by atoms with Crippen molar-refractivity contribution in [2.45, 2.75) is 25.8 Å². The standard InChI is InChI=1S/C23H22N4O3/c1-14-7-19(25-23(30)24-14)22(29)26-11-15-8-18(13-26)20-9-17(10-21(28)27(20)12-15)16-5-3-2-4-6-16/h2-7,9-10,15,18H,8,11-13H2,1H3,(H,24,25,30)/t15-,18+/m0/s1. The summed E-state index contributed by atoms with van der Waals surface area (Å²) in [5.41, 5.74) is 3.16. The van der Waals surface area contributed by atoms with Crippen LogP contribution >= 0.6 is 0 Å². The quantitative estimate of drug-likeness (QED) is 0.712. The van der Waals surface area contributed by atoms with Gasteiger partial charge in [-0.25, -0.2) is 4.79 Å². The molecule has 2 aliphatic heterocycles. The highest BCUT2D eigenvalue weighted by molar-refractivity contribution is 5.92. The van der Waals surface area contributed by atoms with Gasteiger partial charge in [0.05, 0.1) is 0 Å². The first-order chi connectivity index (χ1) is 14.5. The molecular weight excluding hydrogens is 380 g/mol. The molecule has 0 saturated carbocycles. The molecule has 1 aromatic carbocycles. The van der Waals surface area contributed by atoms with E-state index in [0.29, 0.717) is 25.3 Å². The van der Waals surface area contributed by atoms with Crippen LogP contribution in [0.15, 0.2) is 58.1 Å². The fourth-order valence-electron chi connectivity index (χ4n) is 4.77. The van der Waals surface area contributed by atoms with Crippen LogP contribution in [0.4, 0.5) is 0 Å². The molecule has 1 saturated heterocycles. The summed E-state index contributed by atoms with van der Waals surface area (Å²) in [5, 5.41) is 0. The zero-order valence-electron chi connectivity index (χ0n) is 16.7. The van der Waals surface area contributed by atoms with Gasteiger partial charge in [0.15, 0.2) is 0 Å².